The molecule has 8 N–H and O–H groups in total. The largest absolute Gasteiger partial charge is 0.394 e. The zero-order valence-corrected chi connectivity index (χ0v) is 32.2. The van der Waals surface area contributed by atoms with E-state index >= 15 is 0 Å². The van der Waals surface area contributed by atoms with Crippen LogP contribution in [0.2, 0.25) is 0 Å². The van der Waals surface area contributed by atoms with Gasteiger partial charge in [-0.25, -0.2) is 4.79 Å². The van der Waals surface area contributed by atoms with Gasteiger partial charge in [-0.2, -0.15) is 11.8 Å². The van der Waals surface area contributed by atoms with Gasteiger partial charge in [-0.1, -0.05) is 27.2 Å². The number of carbonyl (C=O) groups excluding carboxylic acids is 6. The minimum Gasteiger partial charge on any atom is -0.394 e. The van der Waals surface area contributed by atoms with Gasteiger partial charge < -0.3 is 61.3 Å². The van der Waals surface area contributed by atoms with Gasteiger partial charge in [-0.05, 0) is 25.2 Å². The van der Waals surface area contributed by atoms with E-state index in [9.17, 15) is 33.9 Å². The van der Waals surface area contributed by atoms with E-state index in [-0.39, 0.29) is 114 Å². The topological polar surface area (TPSA) is 244 Å². The summed E-state index contributed by atoms with van der Waals surface area (Å²) in [6, 6.07) is -0.746. The molecular formula is C34H61N7O11S. The van der Waals surface area contributed by atoms with E-state index in [1.165, 1.54) is 0 Å². The maximum atomic E-state index is 12.3. The number of urea groups is 1. The molecule has 0 unspecified atom stereocenters. The highest BCUT2D eigenvalue weighted by atomic mass is 32.2. The summed E-state index contributed by atoms with van der Waals surface area (Å²) in [5.41, 5.74) is 0. The molecule has 0 aromatic carbocycles. The number of amides is 7. The van der Waals surface area contributed by atoms with Crippen molar-refractivity contribution in [3.05, 3.63) is 0 Å². The van der Waals surface area contributed by atoms with Crippen molar-refractivity contribution in [3.63, 3.8) is 0 Å². The second-order valence-electron chi connectivity index (χ2n) is 13.3. The van der Waals surface area contributed by atoms with Crippen LogP contribution in [0.5, 0.6) is 0 Å². The van der Waals surface area contributed by atoms with Crippen LogP contribution >= 0.6 is 11.8 Å². The summed E-state index contributed by atoms with van der Waals surface area (Å²) in [5, 5.41) is 29.0. The van der Waals surface area contributed by atoms with Crippen LogP contribution in [0.15, 0.2) is 0 Å². The Hall–Kier alpha value is -3.23. The van der Waals surface area contributed by atoms with Gasteiger partial charge in [0.15, 0.2) is 0 Å². The molecule has 304 valence electrons. The first-order chi connectivity index (χ1) is 25.5. The molecule has 2 aliphatic heterocycles. The van der Waals surface area contributed by atoms with Crippen LogP contribution in [0.3, 0.4) is 0 Å². The lowest BCUT2D eigenvalue weighted by atomic mass is 9.98. The maximum absolute atomic E-state index is 12.3. The van der Waals surface area contributed by atoms with Gasteiger partial charge in [-0.15, -0.1) is 0 Å². The summed E-state index contributed by atoms with van der Waals surface area (Å²) in [7, 11) is 0. The molecule has 0 bridgehead atoms. The Bertz CT molecular complexity index is 1140. The Balaban J connectivity index is 1.31. The number of fused-ring (bicyclic) bond motifs is 1. The molecule has 18 nitrogen and oxygen atoms in total. The molecule has 2 rings (SSSR count). The highest BCUT2D eigenvalue weighted by Gasteiger charge is 2.42. The average molecular weight is 776 g/mol. The van der Waals surface area contributed by atoms with E-state index in [1.807, 2.05) is 25.6 Å². The molecule has 5 atom stereocenters. The van der Waals surface area contributed by atoms with E-state index in [0.29, 0.717) is 37.2 Å². The number of hydrogen-bond acceptors (Lipinski definition) is 12. The molecule has 0 saturated carbocycles. The van der Waals surface area contributed by atoms with Gasteiger partial charge >= 0.3 is 6.03 Å². The first kappa shape index (κ1) is 45.9. The fourth-order valence-electron chi connectivity index (χ4n) is 5.59. The van der Waals surface area contributed by atoms with E-state index < -0.39 is 18.6 Å². The number of carbonyl (C=O) groups is 6. The first-order valence-electron chi connectivity index (χ1n) is 18.5. The Morgan fingerprint density at radius 3 is 1.96 bits per heavy atom. The van der Waals surface area contributed by atoms with E-state index in [1.54, 1.807) is 6.92 Å². The summed E-state index contributed by atoms with van der Waals surface area (Å²) >= 11 is 1.87. The molecular weight excluding hydrogens is 714 g/mol. The molecule has 0 aromatic rings. The number of aliphatic hydroxyl groups excluding tert-OH is 1. The Labute approximate surface area is 316 Å². The fourth-order valence-corrected chi connectivity index (χ4v) is 7.14. The lowest BCUT2D eigenvalue weighted by Crippen LogP contribution is -2.51. The van der Waals surface area contributed by atoms with Crippen LogP contribution in [-0.2, 0) is 42.9 Å². The Morgan fingerprint density at radius 1 is 0.755 bits per heavy atom. The third-order valence-corrected chi connectivity index (χ3v) is 9.77. The lowest BCUT2D eigenvalue weighted by molar-refractivity contribution is -0.132. The fraction of sp³-hybridized carbons (Fsp3) is 0.824. The molecule has 19 heteroatoms. The molecule has 2 saturated heterocycles. The number of aliphatic hydroxyl groups is 1. The van der Waals surface area contributed by atoms with Gasteiger partial charge in [0.05, 0.1) is 58.3 Å². The van der Waals surface area contributed by atoms with Crippen LogP contribution in [0.4, 0.5) is 4.79 Å². The van der Waals surface area contributed by atoms with Crippen LogP contribution in [0.25, 0.3) is 0 Å². The quantitative estimate of drug-likeness (QED) is 0.0304. The number of nitrogens with one attached hydrogen (secondary N) is 7. The molecule has 53 heavy (non-hydrogen) atoms. The molecule has 0 aliphatic carbocycles. The van der Waals surface area contributed by atoms with Crippen molar-refractivity contribution >= 4 is 47.3 Å². The van der Waals surface area contributed by atoms with Gasteiger partial charge in [0, 0.05) is 49.5 Å². The predicted octanol–water partition coefficient (Wildman–Crippen LogP) is -1.60. The van der Waals surface area contributed by atoms with Crippen molar-refractivity contribution in [2.45, 2.75) is 76.3 Å². The Kier molecular flexibility index (Phi) is 23.7. The van der Waals surface area contributed by atoms with Gasteiger partial charge in [0.25, 0.3) is 0 Å². The Morgan fingerprint density at radius 2 is 1.34 bits per heavy atom. The van der Waals surface area contributed by atoms with Gasteiger partial charge in [-0.3, -0.25) is 24.0 Å². The number of hydrogen-bond donors (Lipinski definition) is 8. The molecule has 2 fully saturated rings. The van der Waals surface area contributed by atoms with E-state index in [0.717, 1.165) is 25.0 Å². The summed E-state index contributed by atoms with van der Waals surface area (Å²) < 4.78 is 21.3. The summed E-state index contributed by atoms with van der Waals surface area (Å²) in [5.74, 6) is -0.570. The van der Waals surface area contributed by atoms with E-state index in [2.05, 4.69) is 37.2 Å². The molecule has 0 radical (unpaired) electrons. The number of ether oxygens (including phenoxy) is 4. The van der Waals surface area contributed by atoms with Crippen LogP contribution < -0.4 is 37.2 Å². The van der Waals surface area contributed by atoms with Crippen LogP contribution in [-0.4, -0.2) is 155 Å². The minimum atomic E-state index is -1.07. The van der Waals surface area contributed by atoms with Gasteiger partial charge in [0.2, 0.25) is 29.5 Å². The molecule has 7 amide bonds. The van der Waals surface area contributed by atoms with Crippen LogP contribution in [0, 0.1) is 11.8 Å². The molecule has 0 spiro atoms. The van der Waals surface area contributed by atoms with Crippen molar-refractivity contribution in [3.8, 4) is 0 Å². The van der Waals surface area contributed by atoms with Crippen molar-refractivity contribution in [1.82, 2.24) is 37.2 Å². The highest BCUT2D eigenvalue weighted by Crippen LogP contribution is 2.33. The zero-order chi connectivity index (χ0) is 38.8. The zero-order valence-electron chi connectivity index (χ0n) is 31.3. The highest BCUT2D eigenvalue weighted by molar-refractivity contribution is 8.00. The number of rotatable bonds is 30. The standard InChI is InChI=1S/C34H61N7O11S/c1-23(2)18-24(3)32(46)39-25(19-42)33(47)38-9-8-35-29(44)20-51-16-15-50-13-11-37-30(45)21-52-17-14-49-12-10-36-28(43)7-5-4-6-27-31-26(22-53-27)40-34(48)41-31/h23-27,31,42H,4-22H2,1-3H3,(H,35,44)(H,36,43)(H,37,45)(H,38,47)(H,39,46)(H2,40,41,48)/t24-,25-,26-,27-,31-/m0/s1. The summed E-state index contributed by atoms with van der Waals surface area (Å²) in [6.07, 6.45) is 3.82. The molecule has 2 aliphatic rings. The normalized spacial score (nSPS) is 18.7. The first-order valence-corrected chi connectivity index (χ1v) is 19.5. The number of unbranched alkanes of at least 4 members (excludes halogenated alkanes) is 1. The van der Waals surface area contributed by atoms with Crippen molar-refractivity contribution in [2.24, 2.45) is 11.8 Å². The second kappa shape index (κ2) is 27.4. The lowest BCUT2D eigenvalue weighted by Gasteiger charge is -2.20. The monoisotopic (exact) mass is 775 g/mol. The van der Waals surface area contributed by atoms with Crippen molar-refractivity contribution < 1.29 is 52.8 Å². The van der Waals surface area contributed by atoms with Crippen molar-refractivity contribution in [2.75, 3.05) is 91.4 Å². The third-order valence-electron chi connectivity index (χ3n) is 8.26. The SMILES string of the molecule is CC(C)C[C@H](C)C(=O)N[C@@H](CO)C(=O)NCCNC(=O)COCCOCCNC(=O)COCCOCCNC(=O)CCCC[C@@H]1SC[C@@H]2NC(=O)N[C@@H]21. The molecule has 0 aromatic heterocycles. The maximum Gasteiger partial charge on any atom is 0.315 e. The molecule has 2 heterocycles. The van der Waals surface area contributed by atoms with E-state index in [4.69, 9.17) is 18.9 Å². The number of thioether (sulfide) groups is 1. The second-order valence-corrected chi connectivity index (χ2v) is 14.6. The summed E-state index contributed by atoms with van der Waals surface area (Å²) in [6.45, 7) is 7.33. The van der Waals surface area contributed by atoms with Gasteiger partial charge in [0.1, 0.15) is 19.3 Å². The van der Waals surface area contributed by atoms with Crippen molar-refractivity contribution in [1.29, 1.82) is 0 Å². The smallest absolute Gasteiger partial charge is 0.315 e. The average Bonchev–Trinajstić information content (AvgIpc) is 3.68. The summed E-state index contributed by atoms with van der Waals surface area (Å²) in [4.78, 5) is 71.8. The predicted molar refractivity (Wildman–Crippen MR) is 197 cm³/mol. The third kappa shape index (κ3) is 20.7. The minimum absolute atomic E-state index is 0.0176. The van der Waals surface area contributed by atoms with Crippen LogP contribution in [0.1, 0.15) is 52.9 Å².